The van der Waals surface area contributed by atoms with Gasteiger partial charge in [-0.05, 0) is 38.7 Å². The molecule has 2 heterocycles. The second kappa shape index (κ2) is 4.29. The first kappa shape index (κ1) is 12.1. The van der Waals surface area contributed by atoms with E-state index >= 15 is 0 Å². The Bertz CT molecular complexity index is 508. The second-order valence-corrected chi connectivity index (χ2v) is 7.16. The summed E-state index contributed by atoms with van der Waals surface area (Å²) in [6, 6.07) is 8.00. The summed E-state index contributed by atoms with van der Waals surface area (Å²) in [4.78, 5) is 0. The molecular weight excluding hydrogens is 242 g/mol. The highest BCUT2D eigenvalue weighted by molar-refractivity contribution is 8.00. The van der Waals surface area contributed by atoms with Crippen LogP contribution in [0.2, 0.25) is 0 Å². The summed E-state index contributed by atoms with van der Waals surface area (Å²) in [6.45, 7) is 2.01. The van der Waals surface area contributed by atoms with E-state index in [2.05, 4.69) is 6.07 Å². The molecule has 2 aliphatic rings. The topological polar surface area (TPSA) is 44.0 Å². The zero-order valence-corrected chi connectivity index (χ0v) is 11.3. The minimum Gasteiger partial charge on any atom is -0.385 e. The number of benzene rings is 1. The van der Waals surface area contributed by atoms with Crippen LogP contribution < -0.4 is 0 Å². The van der Waals surface area contributed by atoms with Crippen molar-refractivity contribution in [2.24, 2.45) is 0 Å². The summed E-state index contributed by atoms with van der Waals surface area (Å²) in [5, 5.41) is 21.4. The predicted molar refractivity (Wildman–Crippen MR) is 73.4 cm³/mol. The maximum absolute atomic E-state index is 11.0. The van der Waals surface area contributed by atoms with Gasteiger partial charge < -0.3 is 5.11 Å². The van der Waals surface area contributed by atoms with Gasteiger partial charge in [-0.3, -0.25) is 0 Å². The number of fused-ring (bicyclic) bond motifs is 2. The van der Waals surface area contributed by atoms with Gasteiger partial charge in [0.05, 0.1) is 17.2 Å². The van der Waals surface area contributed by atoms with Crippen LogP contribution in [-0.4, -0.2) is 15.6 Å². The summed E-state index contributed by atoms with van der Waals surface area (Å²) in [7, 11) is 0. The molecule has 1 aromatic rings. The van der Waals surface area contributed by atoms with E-state index in [1.54, 1.807) is 0 Å². The number of hydrogen-bond acceptors (Lipinski definition) is 3. The number of rotatable bonds is 1. The third kappa shape index (κ3) is 1.94. The van der Waals surface area contributed by atoms with Crippen molar-refractivity contribution in [1.82, 2.24) is 0 Å². The Labute approximate surface area is 112 Å². The summed E-state index contributed by atoms with van der Waals surface area (Å²) in [5.41, 5.74) is 1.81. The molecular formula is C15H17NOS. The fraction of sp³-hybridized carbons (Fsp3) is 0.533. The molecule has 2 atom stereocenters. The molecule has 1 N–H and O–H groups in total. The lowest BCUT2D eigenvalue weighted by molar-refractivity contribution is 0.0193. The molecule has 18 heavy (non-hydrogen) atoms. The quantitative estimate of drug-likeness (QED) is 0.842. The monoisotopic (exact) mass is 259 g/mol. The molecule has 0 amide bonds. The number of hydrogen-bond donors (Lipinski definition) is 1. The van der Waals surface area contributed by atoms with Gasteiger partial charge in [0.2, 0.25) is 0 Å². The second-order valence-electron chi connectivity index (χ2n) is 5.56. The van der Waals surface area contributed by atoms with Crippen LogP contribution >= 0.6 is 11.8 Å². The lowest BCUT2D eigenvalue weighted by Gasteiger charge is -2.37. The van der Waals surface area contributed by atoms with E-state index in [0.717, 1.165) is 24.0 Å². The zero-order chi connectivity index (χ0) is 12.8. The third-order valence-electron chi connectivity index (χ3n) is 4.12. The van der Waals surface area contributed by atoms with Crippen molar-refractivity contribution >= 4 is 11.8 Å². The standard InChI is InChI=1S/C15H17NOS/c1-10-2-3-11(9-16)14(6-10)15(17)7-12-4-5-13(8-15)18-12/h2-3,6,12-13,17H,4-5,7-8H2,1H3. The number of nitriles is 1. The molecule has 2 fully saturated rings. The Hall–Kier alpha value is -0.980. The van der Waals surface area contributed by atoms with Gasteiger partial charge in [-0.15, -0.1) is 0 Å². The van der Waals surface area contributed by atoms with Crippen LogP contribution in [0, 0.1) is 18.3 Å². The Morgan fingerprint density at radius 2 is 2.00 bits per heavy atom. The lowest BCUT2D eigenvalue weighted by atomic mass is 9.82. The Kier molecular flexibility index (Phi) is 2.88. The first-order valence-corrected chi connectivity index (χ1v) is 7.44. The lowest BCUT2D eigenvalue weighted by Crippen LogP contribution is -2.35. The van der Waals surface area contributed by atoms with Gasteiger partial charge in [0.25, 0.3) is 0 Å². The SMILES string of the molecule is Cc1ccc(C#N)c(C2(O)CC3CCC(C2)S3)c1. The number of aliphatic hydroxyl groups is 1. The highest BCUT2D eigenvalue weighted by atomic mass is 32.2. The molecule has 2 saturated heterocycles. The highest BCUT2D eigenvalue weighted by Gasteiger charge is 2.45. The largest absolute Gasteiger partial charge is 0.385 e. The summed E-state index contributed by atoms with van der Waals surface area (Å²) < 4.78 is 0. The Morgan fingerprint density at radius 1 is 1.33 bits per heavy atom. The van der Waals surface area contributed by atoms with Crippen molar-refractivity contribution < 1.29 is 5.11 Å². The fourth-order valence-electron chi connectivity index (χ4n) is 3.28. The summed E-state index contributed by atoms with van der Waals surface area (Å²) in [6.07, 6.45) is 4.02. The molecule has 2 unspecified atom stereocenters. The van der Waals surface area contributed by atoms with Crippen LogP contribution in [0.5, 0.6) is 0 Å². The van der Waals surface area contributed by atoms with Crippen LogP contribution in [0.25, 0.3) is 0 Å². The summed E-state index contributed by atoms with van der Waals surface area (Å²) >= 11 is 2.02. The molecule has 2 nitrogen and oxygen atoms in total. The molecule has 0 aliphatic carbocycles. The van der Waals surface area contributed by atoms with Crippen LogP contribution in [0.15, 0.2) is 18.2 Å². The molecule has 3 rings (SSSR count). The number of nitrogens with zero attached hydrogens (tertiary/aromatic N) is 1. The molecule has 0 spiro atoms. The van der Waals surface area contributed by atoms with Gasteiger partial charge in [0, 0.05) is 16.1 Å². The Balaban J connectivity index is 2.03. The average Bonchev–Trinajstić information content (AvgIpc) is 2.69. The minimum atomic E-state index is -0.784. The van der Waals surface area contributed by atoms with Crippen molar-refractivity contribution in [3.8, 4) is 6.07 Å². The van der Waals surface area contributed by atoms with E-state index < -0.39 is 5.60 Å². The number of aryl methyl sites for hydroxylation is 1. The normalized spacial score (nSPS) is 34.3. The van der Waals surface area contributed by atoms with E-state index in [9.17, 15) is 10.4 Å². The van der Waals surface area contributed by atoms with Crippen LogP contribution in [0.3, 0.4) is 0 Å². The van der Waals surface area contributed by atoms with E-state index in [-0.39, 0.29) is 0 Å². The maximum atomic E-state index is 11.0. The smallest absolute Gasteiger partial charge is 0.0995 e. The number of thioether (sulfide) groups is 1. The van der Waals surface area contributed by atoms with Crippen molar-refractivity contribution in [3.05, 3.63) is 34.9 Å². The average molecular weight is 259 g/mol. The van der Waals surface area contributed by atoms with Gasteiger partial charge in [-0.25, -0.2) is 0 Å². The van der Waals surface area contributed by atoms with E-state index in [0.29, 0.717) is 16.1 Å². The fourth-order valence-corrected chi connectivity index (χ4v) is 5.11. The van der Waals surface area contributed by atoms with Crippen LogP contribution in [0.1, 0.15) is 42.4 Å². The molecule has 3 heteroatoms. The van der Waals surface area contributed by atoms with Crippen LogP contribution in [-0.2, 0) is 5.60 Å². The van der Waals surface area contributed by atoms with E-state index in [1.807, 2.05) is 36.9 Å². The maximum Gasteiger partial charge on any atom is 0.0995 e. The van der Waals surface area contributed by atoms with E-state index in [4.69, 9.17) is 0 Å². The van der Waals surface area contributed by atoms with Crippen molar-refractivity contribution in [2.75, 3.05) is 0 Å². The third-order valence-corrected chi connectivity index (χ3v) is 5.70. The van der Waals surface area contributed by atoms with E-state index in [1.165, 1.54) is 12.8 Å². The molecule has 2 bridgehead atoms. The molecule has 94 valence electrons. The highest BCUT2D eigenvalue weighted by Crippen LogP contribution is 2.51. The van der Waals surface area contributed by atoms with Gasteiger partial charge in [0.15, 0.2) is 0 Å². The predicted octanol–water partition coefficient (Wildman–Crippen LogP) is 3.11. The van der Waals surface area contributed by atoms with Crippen molar-refractivity contribution in [3.63, 3.8) is 0 Å². The molecule has 0 saturated carbocycles. The van der Waals surface area contributed by atoms with Gasteiger partial charge in [-0.1, -0.05) is 17.7 Å². The molecule has 0 aromatic heterocycles. The van der Waals surface area contributed by atoms with Crippen molar-refractivity contribution in [1.29, 1.82) is 5.26 Å². The van der Waals surface area contributed by atoms with Gasteiger partial charge >= 0.3 is 0 Å². The minimum absolute atomic E-state index is 0.570. The first-order chi connectivity index (χ1) is 8.60. The first-order valence-electron chi connectivity index (χ1n) is 6.50. The van der Waals surface area contributed by atoms with Crippen LogP contribution in [0.4, 0.5) is 0 Å². The van der Waals surface area contributed by atoms with Crippen molar-refractivity contribution in [2.45, 2.75) is 48.7 Å². The van der Waals surface area contributed by atoms with Gasteiger partial charge in [-0.2, -0.15) is 17.0 Å². The molecule has 0 radical (unpaired) electrons. The zero-order valence-electron chi connectivity index (χ0n) is 10.5. The van der Waals surface area contributed by atoms with Gasteiger partial charge in [0.1, 0.15) is 0 Å². The molecule has 2 aliphatic heterocycles. The Morgan fingerprint density at radius 3 is 2.61 bits per heavy atom. The molecule has 1 aromatic carbocycles. The summed E-state index contributed by atoms with van der Waals surface area (Å²) in [5.74, 6) is 0.